The number of nitrogen functional groups attached to an aromatic ring is 1. The Hall–Kier alpha value is -0.490. The molecule has 1 nitrogen and oxygen atoms in total. The van der Waals surface area contributed by atoms with E-state index in [1.165, 1.54) is 12.5 Å². The largest absolute Gasteiger partial charge is 0.395 e. The zero-order valence-corrected chi connectivity index (χ0v) is 9.16. The molecule has 0 unspecified atom stereocenters. The maximum atomic E-state index is 13.3. The summed E-state index contributed by atoms with van der Waals surface area (Å²) in [6.07, 6.45) is 2.96. The second kappa shape index (κ2) is 4.35. The summed E-state index contributed by atoms with van der Waals surface area (Å²) >= 11 is 1.67. The van der Waals surface area contributed by atoms with Crippen molar-refractivity contribution in [1.29, 1.82) is 0 Å². The van der Waals surface area contributed by atoms with Crippen LogP contribution < -0.4 is 5.73 Å². The summed E-state index contributed by atoms with van der Waals surface area (Å²) in [5.41, 5.74) is 4.99. The molecule has 2 N–H and O–H groups in total. The van der Waals surface area contributed by atoms with E-state index in [4.69, 9.17) is 5.73 Å². The van der Waals surface area contributed by atoms with Gasteiger partial charge in [-0.05, 0) is 12.5 Å². The summed E-state index contributed by atoms with van der Waals surface area (Å²) in [7, 11) is 0. The van der Waals surface area contributed by atoms with Gasteiger partial charge in [-0.1, -0.05) is 0 Å². The second-order valence-corrected chi connectivity index (χ2v) is 4.06. The first-order chi connectivity index (χ1) is 6.54. The molecule has 0 aliphatic heterocycles. The lowest BCUT2D eigenvalue weighted by molar-refractivity contribution is 0.454. The predicted molar refractivity (Wildman–Crippen MR) is 54.3 cm³/mol. The first-order valence-electron chi connectivity index (χ1n) is 3.58. The average molecular weight is 239 g/mol. The fourth-order valence-electron chi connectivity index (χ4n) is 1.01. The summed E-state index contributed by atoms with van der Waals surface area (Å²) < 4.78 is 39.7. The Morgan fingerprint density at radius 1 is 0.857 bits per heavy atom. The van der Waals surface area contributed by atoms with Gasteiger partial charge in [0.25, 0.3) is 0 Å². The van der Waals surface area contributed by atoms with Gasteiger partial charge in [0.1, 0.15) is 0 Å². The molecule has 0 atom stereocenters. The van der Waals surface area contributed by atoms with Gasteiger partial charge in [-0.25, -0.2) is 13.2 Å². The summed E-state index contributed by atoms with van der Waals surface area (Å²) in [6.45, 7) is 0. The van der Waals surface area contributed by atoms with E-state index < -0.39 is 17.5 Å². The van der Waals surface area contributed by atoms with Crippen molar-refractivity contribution >= 4 is 29.2 Å². The van der Waals surface area contributed by atoms with E-state index in [0.717, 1.165) is 23.5 Å². The zero-order chi connectivity index (χ0) is 10.9. The fraction of sp³-hybridized carbons (Fsp3) is 0.250. The van der Waals surface area contributed by atoms with E-state index in [2.05, 4.69) is 0 Å². The normalized spacial score (nSPS) is 10.6. The smallest absolute Gasteiger partial charge is 0.176 e. The van der Waals surface area contributed by atoms with Gasteiger partial charge in [-0.15, -0.1) is 23.5 Å². The van der Waals surface area contributed by atoms with Crippen molar-refractivity contribution in [3.05, 3.63) is 17.5 Å². The lowest BCUT2D eigenvalue weighted by Gasteiger charge is -2.10. The van der Waals surface area contributed by atoms with Crippen LogP contribution in [0.4, 0.5) is 18.9 Å². The number of anilines is 1. The van der Waals surface area contributed by atoms with Gasteiger partial charge in [0.15, 0.2) is 17.5 Å². The molecule has 1 aromatic rings. The third-order valence-corrected chi connectivity index (χ3v) is 3.25. The maximum Gasteiger partial charge on any atom is 0.176 e. The number of halogens is 3. The number of hydrogen-bond donors (Lipinski definition) is 1. The number of nitrogens with two attached hydrogens (primary N) is 1. The highest BCUT2D eigenvalue weighted by atomic mass is 32.2. The van der Waals surface area contributed by atoms with E-state index in [-0.39, 0.29) is 15.5 Å². The van der Waals surface area contributed by atoms with Gasteiger partial charge in [0.2, 0.25) is 0 Å². The molecule has 1 rings (SSSR count). The molecule has 0 radical (unpaired) electrons. The highest BCUT2D eigenvalue weighted by Crippen LogP contribution is 2.36. The molecular formula is C8H8F3NS2. The molecule has 0 aliphatic carbocycles. The zero-order valence-electron chi connectivity index (χ0n) is 7.53. The lowest BCUT2D eigenvalue weighted by atomic mass is 10.3. The number of rotatable bonds is 2. The van der Waals surface area contributed by atoms with Crippen molar-refractivity contribution in [3.8, 4) is 0 Å². The first-order valence-corrected chi connectivity index (χ1v) is 6.03. The van der Waals surface area contributed by atoms with E-state index in [1.807, 2.05) is 0 Å². The Kier molecular flexibility index (Phi) is 3.60. The molecule has 14 heavy (non-hydrogen) atoms. The third-order valence-electron chi connectivity index (χ3n) is 1.68. The molecular weight excluding hydrogens is 231 g/mol. The Morgan fingerprint density at radius 3 is 1.71 bits per heavy atom. The van der Waals surface area contributed by atoms with Crippen molar-refractivity contribution in [1.82, 2.24) is 0 Å². The number of hydrogen-bond acceptors (Lipinski definition) is 3. The van der Waals surface area contributed by atoms with Crippen molar-refractivity contribution in [3.63, 3.8) is 0 Å². The minimum atomic E-state index is -1.17. The molecule has 0 amide bonds. The highest BCUT2D eigenvalue weighted by molar-refractivity contribution is 7.99. The van der Waals surface area contributed by atoms with Gasteiger partial charge >= 0.3 is 0 Å². The van der Waals surface area contributed by atoms with Crippen molar-refractivity contribution in [2.24, 2.45) is 0 Å². The Morgan fingerprint density at radius 2 is 1.29 bits per heavy atom. The van der Waals surface area contributed by atoms with Crippen LogP contribution in [0.25, 0.3) is 0 Å². The average Bonchev–Trinajstić information content (AvgIpc) is 2.17. The topological polar surface area (TPSA) is 26.0 Å². The Balaban J connectivity index is 3.55. The second-order valence-electron chi connectivity index (χ2n) is 2.42. The van der Waals surface area contributed by atoms with Gasteiger partial charge < -0.3 is 5.73 Å². The molecule has 0 fully saturated rings. The quantitative estimate of drug-likeness (QED) is 0.488. The predicted octanol–water partition coefficient (Wildman–Crippen LogP) is 3.13. The van der Waals surface area contributed by atoms with Crippen LogP contribution in [0.2, 0.25) is 0 Å². The molecule has 0 aromatic heterocycles. The molecule has 78 valence electrons. The summed E-state index contributed by atoms with van der Waals surface area (Å²) in [5, 5.41) is 0. The molecule has 0 aliphatic rings. The van der Waals surface area contributed by atoms with Crippen LogP contribution in [0.15, 0.2) is 9.79 Å². The van der Waals surface area contributed by atoms with Crippen molar-refractivity contribution in [2.75, 3.05) is 18.2 Å². The summed E-state index contributed by atoms with van der Waals surface area (Å²) in [4.78, 5) is -0.560. The molecule has 0 spiro atoms. The van der Waals surface area contributed by atoms with E-state index >= 15 is 0 Å². The SMILES string of the molecule is CSc1c(N)c(F)c(SC)c(F)c1F. The molecule has 0 heterocycles. The minimum Gasteiger partial charge on any atom is -0.395 e. The third kappa shape index (κ3) is 1.68. The highest BCUT2D eigenvalue weighted by Gasteiger charge is 2.22. The van der Waals surface area contributed by atoms with Crippen molar-refractivity contribution in [2.45, 2.75) is 9.79 Å². The van der Waals surface area contributed by atoms with E-state index in [0.29, 0.717) is 0 Å². The van der Waals surface area contributed by atoms with Crippen LogP contribution >= 0.6 is 23.5 Å². The van der Waals surface area contributed by atoms with Crippen LogP contribution in [0.1, 0.15) is 0 Å². The van der Waals surface area contributed by atoms with Crippen molar-refractivity contribution < 1.29 is 13.2 Å². The minimum absolute atomic E-state index is 0.183. The molecule has 1 aromatic carbocycles. The monoisotopic (exact) mass is 239 g/mol. The standard InChI is InChI=1S/C8H8F3NS2/c1-13-7-3(9)4(10)8(14-2)6(12)5(7)11/h12H2,1-2H3. The van der Waals surface area contributed by atoms with Crippen LogP contribution in [0, 0.1) is 17.5 Å². The number of thioether (sulfide) groups is 2. The lowest BCUT2D eigenvalue weighted by Crippen LogP contribution is -2.02. The molecule has 0 saturated heterocycles. The van der Waals surface area contributed by atoms with Crippen LogP contribution in [0.3, 0.4) is 0 Å². The van der Waals surface area contributed by atoms with Crippen LogP contribution in [0.5, 0.6) is 0 Å². The van der Waals surface area contributed by atoms with E-state index in [1.54, 1.807) is 0 Å². The fourth-order valence-corrected chi connectivity index (χ4v) is 2.15. The van der Waals surface area contributed by atoms with Gasteiger partial charge in [-0.3, -0.25) is 0 Å². The van der Waals surface area contributed by atoms with Crippen LogP contribution in [-0.4, -0.2) is 12.5 Å². The first kappa shape index (κ1) is 11.6. The summed E-state index contributed by atoms with van der Waals surface area (Å²) in [5.74, 6) is -3.14. The van der Waals surface area contributed by atoms with Gasteiger partial charge in [0, 0.05) is 0 Å². The Labute approximate surface area is 88.2 Å². The van der Waals surface area contributed by atoms with Gasteiger partial charge in [-0.2, -0.15) is 0 Å². The number of benzene rings is 1. The maximum absolute atomic E-state index is 13.3. The molecule has 0 saturated carbocycles. The summed E-state index contributed by atoms with van der Waals surface area (Å²) in [6, 6.07) is 0. The van der Waals surface area contributed by atoms with E-state index in [9.17, 15) is 13.2 Å². The van der Waals surface area contributed by atoms with Gasteiger partial charge in [0.05, 0.1) is 15.5 Å². The van der Waals surface area contributed by atoms with Crippen LogP contribution in [-0.2, 0) is 0 Å². The molecule has 0 bridgehead atoms. The molecule has 6 heteroatoms. The Bertz CT molecular complexity index is 304.